The van der Waals surface area contributed by atoms with Crippen LogP contribution in [-0.4, -0.2) is 22.2 Å². The first-order valence-corrected chi connectivity index (χ1v) is 3.87. The Morgan fingerprint density at radius 2 is 1.92 bits per heavy atom. The van der Waals surface area contributed by atoms with Crippen LogP contribution in [0, 0.1) is 17.3 Å². The summed E-state index contributed by atoms with van der Waals surface area (Å²) in [6.45, 7) is 3.27. The third kappa shape index (κ3) is 0.906. The molecule has 1 saturated carbocycles. The van der Waals surface area contributed by atoms with Crippen LogP contribution >= 0.6 is 0 Å². The zero-order valence-electron chi connectivity index (χ0n) is 7.07. The fourth-order valence-electron chi connectivity index (χ4n) is 1.74. The molecule has 2 N–H and O–H groups in total. The van der Waals surface area contributed by atoms with Crippen LogP contribution in [0.4, 0.5) is 0 Å². The number of carboxylic acid groups (broad SMARTS) is 2. The van der Waals surface area contributed by atoms with Crippen molar-refractivity contribution in [3.05, 3.63) is 0 Å². The molecule has 1 aliphatic carbocycles. The number of carbonyl (C=O) groups is 2. The van der Waals surface area contributed by atoms with Gasteiger partial charge in [-0.15, -0.1) is 0 Å². The molecule has 0 aromatic heterocycles. The summed E-state index contributed by atoms with van der Waals surface area (Å²) in [5.41, 5.74) is -1.06. The largest absolute Gasteiger partial charge is 0.481 e. The van der Waals surface area contributed by atoms with E-state index in [0.717, 1.165) is 0 Å². The van der Waals surface area contributed by atoms with E-state index in [0.29, 0.717) is 6.42 Å². The van der Waals surface area contributed by atoms with Gasteiger partial charge >= 0.3 is 11.9 Å². The lowest BCUT2D eigenvalue weighted by molar-refractivity contribution is -0.179. The molecule has 0 aromatic rings. The van der Waals surface area contributed by atoms with E-state index in [-0.39, 0.29) is 5.92 Å². The first-order valence-electron chi connectivity index (χ1n) is 3.87. The van der Waals surface area contributed by atoms with Gasteiger partial charge in [-0.2, -0.15) is 0 Å². The number of hydrogen-bond acceptors (Lipinski definition) is 2. The van der Waals surface area contributed by atoms with Gasteiger partial charge in [-0.05, 0) is 19.3 Å². The Bertz CT molecular complexity index is 235. The topological polar surface area (TPSA) is 74.6 Å². The van der Waals surface area contributed by atoms with Gasteiger partial charge in [0.2, 0.25) is 0 Å². The van der Waals surface area contributed by atoms with Crippen LogP contribution in [0.3, 0.4) is 0 Å². The van der Waals surface area contributed by atoms with Gasteiger partial charge in [-0.1, -0.05) is 6.92 Å². The highest BCUT2D eigenvalue weighted by molar-refractivity contribution is 5.85. The van der Waals surface area contributed by atoms with Crippen LogP contribution in [0.1, 0.15) is 20.3 Å². The SMILES string of the molecule is CC1CC(C(=O)O)C1(C)C(=O)O. The van der Waals surface area contributed by atoms with Crippen molar-refractivity contribution in [3.8, 4) is 0 Å². The van der Waals surface area contributed by atoms with Crippen LogP contribution in [0.15, 0.2) is 0 Å². The molecule has 0 aromatic carbocycles. The molecule has 0 heterocycles. The van der Waals surface area contributed by atoms with Crippen LogP contribution in [0.25, 0.3) is 0 Å². The van der Waals surface area contributed by atoms with E-state index in [9.17, 15) is 9.59 Å². The third-order valence-corrected chi connectivity index (χ3v) is 3.10. The Hall–Kier alpha value is -1.06. The summed E-state index contributed by atoms with van der Waals surface area (Å²) >= 11 is 0. The lowest BCUT2D eigenvalue weighted by Crippen LogP contribution is -2.54. The van der Waals surface area contributed by atoms with E-state index in [4.69, 9.17) is 10.2 Å². The normalized spacial score (nSPS) is 40.2. The van der Waals surface area contributed by atoms with Gasteiger partial charge in [0.1, 0.15) is 0 Å². The second-order valence-electron chi connectivity index (χ2n) is 3.62. The Kier molecular flexibility index (Phi) is 1.86. The van der Waals surface area contributed by atoms with E-state index in [2.05, 4.69) is 0 Å². The van der Waals surface area contributed by atoms with E-state index < -0.39 is 23.3 Å². The Morgan fingerprint density at radius 1 is 1.42 bits per heavy atom. The van der Waals surface area contributed by atoms with Gasteiger partial charge in [0, 0.05) is 0 Å². The number of hydrogen-bond donors (Lipinski definition) is 2. The highest BCUT2D eigenvalue weighted by Crippen LogP contribution is 2.51. The average Bonchev–Trinajstić information content (AvgIpc) is 1.97. The molecule has 4 heteroatoms. The molecule has 12 heavy (non-hydrogen) atoms. The van der Waals surface area contributed by atoms with Gasteiger partial charge in [0.05, 0.1) is 11.3 Å². The molecule has 0 aliphatic heterocycles. The summed E-state index contributed by atoms with van der Waals surface area (Å²) < 4.78 is 0. The Balaban J connectivity index is 2.86. The second kappa shape index (κ2) is 2.47. The summed E-state index contributed by atoms with van der Waals surface area (Å²) in [5.74, 6) is -2.77. The highest BCUT2D eigenvalue weighted by atomic mass is 16.4. The van der Waals surface area contributed by atoms with E-state index in [1.807, 2.05) is 0 Å². The van der Waals surface area contributed by atoms with Crippen molar-refractivity contribution >= 4 is 11.9 Å². The van der Waals surface area contributed by atoms with Crippen molar-refractivity contribution in [2.75, 3.05) is 0 Å². The third-order valence-electron chi connectivity index (χ3n) is 3.10. The first-order chi connectivity index (χ1) is 5.40. The summed E-state index contributed by atoms with van der Waals surface area (Å²) in [6.07, 6.45) is 0.470. The minimum Gasteiger partial charge on any atom is -0.481 e. The fourth-order valence-corrected chi connectivity index (χ4v) is 1.74. The maximum absolute atomic E-state index is 10.8. The van der Waals surface area contributed by atoms with Crippen molar-refractivity contribution in [1.82, 2.24) is 0 Å². The first kappa shape index (κ1) is 9.03. The predicted octanol–water partition coefficient (Wildman–Crippen LogP) is 0.818. The maximum Gasteiger partial charge on any atom is 0.310 e. The van der Waals surface area contributed by atoms with Gasteiger partial charge < -0.3 is 10.2 Å². The van der Waals surface area contributed by atoms with Crippen molar-refractivity contribution in [2.45, 2.75) is 20.3 Å². The number of carboxylic acids is 2. The van der Waals surface area contributed by atoms with E-state index in [1.165, 1.54) is 6.92 Å². The minimum atomic E-state index is -1.06. The summed E-state index contributed by atoms with van der Waals surface area (Å²) in [4.78, 5) is 21.3. The van der Waals surface area contributed by atoms with Gasteiger partial charge in [0.15, 0.2) is 0 Å². The molecule has 1 aliphatic rings. The van der Waals surface area contributed by atoms with Gasteiger partial charge in [-0.25, -0.2) is 0 Å². The smallest absolute Gasteiger partial charge is 0.310 e. The maximum atomic E-state index is 10.8. The molecular weight excluding hydrogens is 160 g/mol. The van der Waals surface area contributed by atoms with Crippen molar-refractivity contribution < 1.29 is 19.8 Å². The molecular formula is C8H12O4. The zero-order chi connectivity index (χ0) is 9.52. The average molecular weight is 172 g/mol. The predicted molar refractivity (Wildman–Crippen MR) is 40.6 cm³/mol. The quantitative estimate of drug-likeness (QED) is 0.646. The molecule has 0 radical (unpaired) electrons. The van der Waals surface area contributed by atoms with Gasteiger partial charge in [-0.3, -0.25) is 9.59 Å². The van der Waals surface area contributed by atoms with E-state index in [1.54, 1.807) is 6.92 Å². The lowest BCUT2D eigenvalue weighted by Gasteiger charge is -2.47. The summed E-state index contributed by atoms with van der Waals surface area (Å²) in [6, 6.07) is 0. The Labute approximate surface area is 70.2 Å². The van der Waals surface area contributed by atoms with Gasteiger partial charge in [0.25, 0.3) is 0 Å². The summed E-state index contributed by atoms with van der Waals surface area (Å²) in [5, 5.41) is 17.5. The van der Waals surface area contributed by atoms with Crippen molar-refractivity contribution in [2.24, 2.45) is 17.3 Å². The zero-order valence-corrected chi connectivity index (χ0v) is 7.07. The molecule has 68 valence electrons. The van der Waals surface area contributed by atoms with Crippen LogP contribution in [0.5, 0.6) is 0 Å². The number of aliphatic carboxylic acids is 2. The molecule has 0 bridgehead atoms. The monoisotopic (exact) mass is 172 g/mol. The van der Waals surface area contributed by atoms with Crippen LogP contribution in [-0.2, 0) is 9.59 Å². The molecule has 0 spiro atoms. The van der Waals surface area contributed by atoms with Crippen LogP contribution in [0.2, 0.25) is 0 Å². The second-order valence-corrected chi connectivity index (χ2v) is 3.62. The molecule has 1 rings (SSSR count). The van der Waals surface area contributed by atoms with E-state index >= 15 is 0 Å². The fraction of sp³-hybridized carbons (Fsp3) is 0.750. The summed E-state index contributed by atoms with van der Waals surface area (Å²) in [7, 11) is 0. The highest BCUT2D eigenvalue weighted by Gasteiger charge is 2.58. The molecule has 1 fully saturated rings. The molecule has 0 amide bonds. The molecule has 3 atom stereocenters. The number of rotatable bonds is 2. The van der Waals surface area contributed by atoms with Crippen molar-refractivity contribution in [3.63, 3.8) is 0 Å². The van der Waals surface area contributed by atoms with Crippen molar-refractivity contribution in [1.29, 1.82) is 0 Å². The lowest BCUT2D eigenvalue weighted by atomic mass is 9.54. The molecule has 3 unspecified atom stereocenters. The standard InChI is InChI=1S/C8H12O4/c1-4-3-5(6(9)10)8(4,2)7(11)12/h4-5H,3H2,1-2H3,(H,9,10)(H,11,12). The molecule has 0 saturated heterocycles. The van der Waals surface area contributed by atoms with Crippen LogP contribution < -0.4 is 0 Å². The Morgan fingerprint density at radius 3 is 2.08 bits per heavy atom. The minimum absolute atomic E-state index is 0.0453. The molecule has 4 nitrogen and oxygen atoms in total.